The van der Waals surface area contributed by atoms with Crippen molar-refractivity contribution in [2.24, 2.45) is 0 Å². The molecule has 1 atom stereocenters. The first-order valence-corrected chi connectivity index (χ1v) is 8.01. The maximum absolute atomic E-state index is 12.6. The minimum absolute atomic E-state index is 0.0823. The van der Waals surface area contributed by atoms with Gasteiger partial charge in [-0.25, -0.2) is 0 Å². The Bertz CT molecular complexity index is 796. The van der Waals surface area contributed by atoms with Crippen LogP contribution < -0.4 is 5.32 Å². The molecule has 0 aliphatic carbocycles. The van der Waals surface area contributed by atoms with Crippen LogP contribution in [0, 0.1) is 0 Å². The molecule has 104 valence electrons. The van der Waals surface area contributed by atoms with Crippen LogP contribution in [0.3, 0.4) is 0 Å². The van der Waals surface area contributed by atoms with Crippen LogP contribution in [-0.2, 0) is 17.6 Å². The van der Waals surface area contributed by atoms with E-state index in [9.17, 15) is 4.79 Å². The highest BCUT2D eigenvalue weighted by Crippen LogP contribution is 2.29. The number of carbonyl (C=O) groups excluding carboxylic acids is 1. The Balaban J connectivity index is 1.55. The van der Waals surface area contributed by atoms with Crippen molar-refractivity contribution >= 4 is 32.9 Å². The van der Waals surface area contributed by atoms with Crippen LogP contribution in [0.4, 0.5) is 5.69 Å². The summed E-state index contributed by atoms with van der Waals surface area (Å²) < 4.78 is 1.25. The predicted molar refractivity (Wildman–Crippen MR) is 88.1 cm³/mol. The summed E-state index contributed by atoms with van der Waals surface area (Å²) >= 11 is 1.71. The number of rotatable bonds is 3. The van der Waals surface area contributed by atoms with Crippen molar-refractivity contribution in [1.29, 1.82) is 0 Å². The molecule has 0 fully saturated rings. The van der Waals surface area contributed by atoms with Gasteiger partial charge in [0.15, 0.2) is 5.78 Å². The van der Waals surface area contributed by atoms with Gasteiger partial charge in [-0.1, -0.05) is 36.4 Å². The highest BCUT2D eigenvalue weighted by molar-refractivity contribution is 7.17. The molecule has 2 nitrogen and oxygen atoms in total. The Morgan fingerprint density at radius 3 is 2.86 bits per heavy atom. The summed E-state index contributed by atoms with van der Waals surface area (Å²) in [5, 5.41) is 6.68. The molecule has 3 aromatic rings. The Labute approximate surface area is 127 Å². The first-order chi connectivity index (χ1) is 10.3. The molecule has 0 spiro atoms. The van der Waals surface area contributed by atoms with Crippen molar-refractivity contribution in [3.63, 3.8) is 0 Å². The third kappa shape index (κ3) is 2.24. The van der Waals surface area contributed by atoms with Gasteiger partial charge in [-0.2, -0.15) is 0 Å². The normalized spacial score (nSPS) is 16.7. The summed E-state index contributed by atoms with van der Waals surface area (Å²) in [4.78, 5) is 12.6. The molecular weight excluding hydrogens is 278 g/mol. The Morgan fingerprint density at radius 2 is 1.95 bits per heavy atom. The number of nitrogens with one attached hydrogen (secondary N) is 1. The lowest BCUT2D eigenvalue weighted by Crippen LogP contribution is -2.28. The molecule has 4 rings (SSSR count). The Kier molecular flexibility index (Phi) is 3.00. The van der Waals surface area contributed by atoms with E-state index in [2.05, 4.69) is 28.9 Å². The first-order valence-electron chi connectivity index (χ1n) is 7.13. The second-order valence-corrected chi connectivity index (χ2v) is 6.37. The first kappa shape index (κ1) is 12.6. The number of para-hydroxylation sites is 1. The Morgan fingerprint density at radius 1 is 1.14 bits per heavy atom. The molecule has 1 aliphatic rings. The van der Waals surface area contributed by atoms with Crippen molar-refractivity contribution in [3.05, 3.63) is 65.0 Å². The van der Waals surface area contributed by atoms with E-state index in [0.717, 1.165) is 17.7 Å². The van der Waals surface area contributed by atoms with Crippen molar-refractivity contribution < 1.29 is 4.79 Å². The number of carbonyl (C=O) groups is 1. The van der Waals surface area contributed by atoms with E-state index >= 15 is 0 Å². The average molecular weight is 293 g/mol. The van der Waals surface area contributed by atoms with E-state index in [0.29, 0.717) is 6.42 Å². The lowest BCUT2D eigenvalue weighted by Gasteiger charge is -2.09. The number of hydrogen-bond donors (Lipinski definition) is 1. The number of anilines is 1. The lowest BCUT2D eigenvalue weighted by atomic mass is 10.0. The molecule has 1 unspecified atom stereocenters. The van der Waals surface area contributed by atoms with Crippen molar-refractivity contribution in [1.82, 2.24) is 0 Å². The third-order valence-electron chi connectivity index (χ3n) is 4.09. The summed E-state index contributed by atoms with van der Waals surface area (Å²) in [6.07, 6.45) is 1.31. The zero-order chi connectivity index (χ0) is 14.2. The van der Waals surface area contributed by atoms with Crippen molar-refractivity contribution in [3.8, 4) is 0 Å². The van der Waals surface area contributed by atoms with E-state index in [1.807, 2.05) is 30.3 Å². The summed E-state index contributed by atoms with van der Waals surface area (Å²) in [5.41, 5.74) is 3.50. The summed E-state index contributed by atoms with van der Waals surface area (Å²) in [6.45, 7) is 0. The molecule has 2 heterocycles. The molecular formula is C18H15NOS. The molecule has 1 aliphatic heterocycles. The van der Waals surface area contributed by atoms with Crippen LogP contribution >= 0.6 is 11.3 Å². The van der Waals surface area contributed by atoms with E-state index in [-0.39, 0.29) is 11.8 Å². The molecule has 0 radical (unpaired) electrons. The topological polar surface area (TPSA) is 29.1 Å². The highest BCUT2D eigenvalue weighted by atomic mass is 32.1. The van der Waals surface area contributed by atoms with Crippen LogP contribution in [0.2, 0.25) is 0 Å². The van der Waals surface area contributed by atoms with Crippen LogP contribution in [0.25, 0.3) is 10.1 Å². The number of fused-ring (bicyclic) bond motifs is 2. The van der Waals surface area contributed by atoms with Gasteiger partial charge in [0.25, 0.3) is 0 Å². The van der Waals surface area contributed by atoms with Gasteiger partial charge >= 0.3 is 0 Å². The monoisotopic (exact) mass is 293 g/mol. The van der Waals surface area contributed by atoms with E-state index < -0.39 is 0 Å². The van der Waals surface area contributed by atoms with E-state index in [4.69, 9.17) is 0 Å². The number of hydrogen-bond acceptors (Lipinski definition) is 3. The van der Waals surface area contributed by atoms with Crippen LogP contribution in [0.5, 0.6) is 0 Å². The minimum Gasteiger partial charge on any atom is -0.375 e. The number of ketones is 1. The Hall–Kier alpha value is -2.13. The van der Waals surface area contributed by atoms with Crippen LogP contribution in [-0.4, -0.2) is 11.8 Å². The fourth-order valence-corrected chi connectivity index (χ4v) is 3.94. The zero-order valence-corrected chi connectivity index (χ0v) is 12.3. The van der Waals surface area contributed by atoms with Gasteiger partial charge in [0, 0.05) is 23.2 Å². The molecule has 0 saturated carbocycles. The number of thiophene rings is 1. The van der Waals surface area contributed by atoms with Gasteiger partial charge in [-0.3, -0.25) is 4.79 Å². The maximum Gasteiger partial charge on any atom is 0.159 e. The minimum atomic E-state index is -0.0823. The van der Waals surface area contributed by atoms with Crippen LogP contribution in [0.15, 0.2) is 53.9 Å². The molecule has 2 aromatic carbocycles. The standard InChI is InChI=1S/C18H15NOS/c20-17(16-9-12-5-1-3-7-15(12)19-16)10-13-11-21-18-8-4-2-6-14(13)18/h1-8,11,16,19H,9-10H2. The smallest absolute Gasteiger partial charge is 0.159 e. The zero-order valence-electron chi connectivity index (χ0n) is 11.5. The quantitative estimate of drug-likeness (QED) is 0.789. The molecule has 1 aromatic heterocycles. The predicted octanol–water partition coefficient (Wildman–Crippen LogP) is 4.05. The number of Topliss-reactive ketones (excluding diaryl/α,β-unsaturated/α-hetero) is 1. The fraction of sp³-hybridized carbons (Fsp3) is 0.167. The molecule has 0 bridgehead atoms. The van der Waals surface area contributed by atoms with Gasteiger partial charge in [-0.05, 0) is 34.0 Å². The van der Waals surface area contributed by atoms with Gasteiger partial charge in [-0.15, -0.1) is 11.3 Å². The summed E-state index contributed by atoms with van der Waals surface area (Å²) in [7, 11) is 0. The second-order valence-electron chi connectivity index (χ2n) is 5.46. The largest absolute Gasteiger partial charge is 0.375 e. The SMILES string of the molecule is O=C(Cc1csc2ccccc12)C1Cc2ccccc2N1. The fourth-order valence-electron chi connectivity index (χ4n) is 2.97. The van der Waals surface area contributed by atoms with Gasteiger partial charge in [0.2, 0.25) is 0 Å². The van der Waals surface area contributed by atoms with Crippen molar-refractivity contribution in [2.45, 2.75) is 18.9 Å². The highest BCUT2D eigenvalue weighted by Gasteiger charge is 2.26. The van der Waals surface area contributed by atoms with E-state index in [1.165, 1.54) is 15.6 Å². The molecule has 1 N–H and O–H groups in total. The van der Waals surface area contributed by atoms with Crippen LogP contribution in [0.1, 0.15) is 11.1 Å². The van der Waals surface area contributed by atoms with Gasteiger partial charge in [0.05, 0.1) is 6.04 Å². The van der Waals surface area contributed by atoms with Crippen molar-refractivity contribution in [2.75, 3.05) is 5.32 Å². The maximum atomic E-state index is 12.6. The summed E-state index contributed by atoms with van der Waals surface area (Å²) in [5.74, 6) is 0.273. The number of benzene rings is 2. The summed E-state index contributed by atoms with van der Waals surface area (Å²) in [6, 6.07) is 16.4. The molecule has 21 heavy (non-hydrogen) atoms. The third-order valence-corrected chi connectivity index (χ3v) is 5.10. The average Bonchev–Trinajstić information content (AvgIpc) is 3.11. The molecule has 0 amide bonds. The van der Waals surface area contributed by atoms with E-state index in [1.54, 1.807) is 11.3 Å². The van der Waals surface area contributed by atoms with Gasteiger partial charge < -0.3 is 5.32 Å². The molecule has 0 saturated heterocycles. The second kappa shape index (κ2) is 5.01. The molecule has 3 heteroatoms. The van der Waals surface area contributed by atoms with Gasteiger partial charge in [0.1, 0.15) is 0 Å². The lowest BCUT2D eigenvalue weighted by molar-refractivity contribution is -0.119.